The fourth-order valence-electron chi connectivity index (χ4n) is 2.26. The SMILES string of the molecule is COCC1(C(=O)Nc2nc(C)cs2)CCNCC1.Cl. The average Bonchev–Trinajstić information content (AvgIpc) is 2.76. The third-order valence-electron chi connectivity index (χ3n) is 3.30. The van der Waals surface area contributed by atoms with Crippen LogP contribution in [-0.2, 0) is 9.53 Å². The zero-order chi connectivity index (χ0) is 13.0. The minimum atomic E-state index is -0.417. The Balaban J connectivity index is 0.00000180. The van der Waals surface area contributed by atoms with Crippen molar-refractivity contribution < 1.29 is 9.53 Å². The Bertz CT molecular complexity index is 413. The molecule has 0 aliphatic carbocycles. The average molecular weight is 306 g/mol. The van der Waals surface area contributed by atoms with E-state index in [1.54, 1.807) is 7.11 Å². The van der Waals surface area contributed by atoms with Gasteiger partial charge in [0.1, 0.15) is 0 Å². The number of hydrogen-bond donors (Lipinski definition) is 2. The van der Waals surface area contributed by atoms with E-state index in [9.17, 15) is 4.79 Å². The van der Waals surface area contributed by atoms with Gasteiger partial charge in [0.05, 0.1) is 17.7 Å². The van der Waals surface area contributed by atoms with E-state index < -0.39 is 5.41 Å². The van der Waals surface area contributed by atoms with Crippen LogP contribution in [0, 0.1) is 12.3 Å². The van der Waals surface area contributed by atoms with Gasteiger partial charge in [0.2, 0.25) is 5.91 Å². The molecule has 1 fully saturated rings. The predicted molar refractivity (Wildman–Crippen MR) is 79.1 cm³/mol. The van der Waals surface area contributed by atoms with Gasteiger partial charge in [-0.2, -0.15) is 0 Å². The monoisotopic (exact) mass is 305 g/mol. The Labute approximate surface area is 123 Å². The maximum atomic E-state index is 12.4. The normalized spacial score (nSPS) is 17.6. The van der Waals surface area contributed by atoms with Gasteiger partial charge in [0.25, 0.3) is 0 Å². The number of rotatable bonds is 4. The molecule has 0 saturated carbocycles. The Kier molecular flexibility index (Phi) is 6.19. The number of aryl methyl sites for hydroxylation is 1. The lowest BCUT2D eigenvalue weighted by Crippen LogP contribution is -2.47. The standard InChI is InChI=1S/C12H19N3O2S.ClH/c1-9-7-18-11(14-9)15-10(16)12(8-17-2)3-5-13-6-4-12;/h7,13H,3-6,8H2,1-2H3,(H,14,15,16);1H. The van der Waals surface area contributed by atoms with Crippen LogP contribution in [0.4, 0.5) is 5.13 Å². The molecule has 108 valence electrons. The number of nitrogens with one attached hydrogen (secondary N) is 2. The highest BCUT2D eigenvalue weighted by molar-refractivity contribution is 7.13. The first-order chi connectivity index (χ1) is 8.66. The molecule has 1 aliphatic heterocycles. The molecule has 0 spiro atoms. The molecule has 0 aromatic carbocycles. The fraction of sp³-hybridized carbons (Fsp3) is 0.667. The van der Waals surface area contributed by atoms with Crippen molar-refractivity contribution in [3.05, 3.63) is 11.1 Å². The van der Waals surface area contributed by atoms with E-state index in [2.05, 4.69) is 15.6 Å². The summed E-state index contributed by atoms with van der Waals surface area (Å²) in [7, 11) is 1.64. The Morgan fingerprint density at radius 3 is 2.79 bits per heavy atom. The number of piperidine rings is 1. The van der Waals surface area contributed by atoms with E-state index >= 15 is 0 Å². The van der Waals surface area contributed by atoms with Crippen LogP contribution in [0.25, 0.3) is 0 Å². The van der Waals surface area contributed by atoms with Gasteiger partial charge in [0, 0.05) is 12.5 Å². The van der Waals surface area contributed by atoms with Gasteiger partial charge < -0.3 is 15.4 Å². The zero-order valence-corrected chi connectivity index (χ0v) is 12.8. The molecule has 2 N–H and O–H groups in total. The topological polar surface area (TPSA) is 63.2 Å². The molecule has 0 unspecified atom stereocenters. The van der Waals surface area contributed by atoms with E-state index in [1.165, 1.54) is 11.3 Å². The molecule has 0 radical (unpaired) electrons. The van der Waals surface area contributed by atoms with Crippen molar-refractivity contribution in [2.45, 2.75) is 19.8 Å². The lowest BCUT2D eigenvalue weighted by molar-refractivity contribution is -0.130. The smallest absolute Gasteiger partial charge is 0.234 e. The van der Waals surface area contributed by atoms with Crippen molar-refractivity contribution in [2.75, 3.05) is 32.1 Å². The summed E-state index contributed by atoms with van der Waals surface area (Å²) in [5.41, 5.74) is 0.515. The number of nitrogens with zero attached hydrogens (tertiary/aromatic N) is 1. The highest BCUT2D eigenvalue weighted by atomic mass is 35.5. The maximum Gasteiger partial charge on any atom is 0.234 e. The summed E-state index contributed by atoms with van der Waals surface area (Å²) in [6.07, 6.45) is 1.61. The summed E-state index contributed by atoms with van der Waals surface area (Å²) in [6, 6.07) is 0. The van der Waals surface area contributed by atoms with Crippen LogP contribution in [0.1, 0.15) is 18.5 Å². The lowest BCUT2D eigenvalue weighted by atomic mass is 9.79. The number of carbonyl (C=O) groups is 1. The third kappa shape index (κ3) is 3.89. The van der Waals surface area contributed by atoms with Crippen LogP contribution in [0.2, 0.25) is 0 Å². The van der Waals surface area contributed by atoms with Gasteiger partial charge in [-0.15, -0.1) is 23.7 Å². The van der Waals surface area contributed by atoms with Crippen molar-refractivity contribution >= 4 is 34.8 Å². The second-order valence-electron chi connectivity index (χ2n) is 4.71. The summed E-state index contributed by atoms with van der Waals surface area (Å²) in [5.74, 6) is 0.0280. The summed E-state index contributed by atoms with van der Waals surface area (Å²) < 4.78 is 5.24. The first-order valence-corrected chi connectivity index (χ1v) is 6.97. The van der Waals surface area contributed by atoms with Crippen LogP contribution in [0.5, 0.6) is 0 Å². The van der Waals surface area contributed by atoms with E-state index in [0.29, 0.717) is 11.7 Å². The van der Waals surface area contributed by atoms with Crippen LogP contribution < -0.4 is 10.6 Å². The molecule has 7 heteroatoms. The molecule has 0 atom stereocenters. The molecular weight excluding hydrogens is 286 g/mol. The summed E-state index contributed by atoms with van der Waals surface area (Å²) in [4.78, 5) is 16.7. The summed E-state index contributed by atoms with van der Waals surface area (Å²) >= 11 is 1.46. The van der Waals surface area contributed by atoms with Crippen molar-refractivity contribution in [3.63, 3.8) is 0 Å². The minimum Gasteiger partial charge on any atom is -0.384 e. The first kappa shape index (κ1) is 16.4. The highest BCUT2D eigenvalue weighted by Gasteiger charge is 2.39. The molecule has 1 aromatic heterocycles. The van der Waals surface area contributed by atoms with Gasteiger partial charge in [-0.25, -0.2) is 4.98 Å². The van der Waals surface area contributed by atoms with E-state index in [0.717, 1.165) is 31.6 Å². The van der Waals surface area contributed by atoms with Crippen molar-refractivity contribution in [1.82, 2.24) is 10.3 Å². The molecule has 1 amide bonds. The van der Waals surface area contributed by atoms with Crippen LogP contribution in [-0.4, -0.2) is 37.7 Å². The van der Waals surface area contributed by atoms with Crippen molar-refractivity contribution in [1.29, 1.82) is 0 Å². The molecular formula is C12H20ClN3O2S. The first-order valence-electron chi connectivity index (χ1n) is 6.09. The molecule has 0 bridgehead atoms. The second kappa shape index (κ2) is 7.19. The Morgan fingerprint density at radius 2 is 2.26 bits per heavy atom. The maximum absolute atomic E-state index is 12.4. The Hall–Kier alpha value is -0.690. The number of methoxy groups -OCH3 is 1. The van der Waals surface area contributed by atoms with Gasteiger partial charge in [-0.1, -0.05) is 0 Å². The highest BCUT2D eigenvalue weighted by Crippen LogP contribution is 2.31. The van der Waals surface area contributed by atoms with Crippen LogP contribution in [0.15, 0.2) is 5.38 Å². The Morgan fingerprint density at radius 1 is 1.58 bits per heavy atom. The predicted octanol–water partition coefficient (Wildman–Crippen LogP) is 1.83. The zero-order valence-electron chi connectivity index (χ0n) is 11.2. The van der Waals surface area contributed by atoms with Crippen LogP contribution >= 0.6 is 23.7 Å². The van der Waals surface area contributed by atoms with E-state index in [4.69, 9.17) is 4.74 Å². The second-order valence-corrected chi connectivity index (χ2v) is 5.57. The molecule has 2 rings (SSSR count). The third-order valence-corrected chi connectivity index (χ3v) is 4.18. The molecule has 2 heterocycles. The molecule has 1 aromatic rings. The fourth-order valence-corrected chi connectivity index (χ4v) is 2.94. The van der Waals surface area contributed by atoms with Gasteiger partial charge >= 0.3 is 0 Å². The lowest BCUT2D eigenvalue weighted by Gasteiger charge is -2.35. The van der Waals surface area contributed by atoms with E-state index in [1.807, 2.05) is 12.3 Å². The largest absolute Gasteiger partial charge is 0.384 e. The molecule has 1 saturated heterocycles. The summed E-state index contributed by atoms with van der Waals surface area (Å²) in [5, 5.41) is 8.80. The molecule has 5 nitrogen and oxygen atoms in total. The summed E-state index contributed by atoms with van der Waals surface area (Å²) in [6.45, 7) is 4.09. The number of carbonyl (C=O) groups excluding carboxylic acids is 1. The van der Waals surface area contributed by atoms with E-state index in [-0.39, 0.29) is 18.3 Å². The minimum absolute atomic E-state index is 0. The number of amides is 1. The number of aromatic nitrogens is 1. The number of halogens is 1. The number of ether oxygens (including phenoxy) is 1. The van der Waals surface area contributed by atoms with Crippen LogP contribution in [0.3, 0.4) is 0 Å². The molecule has 19 heavy (non-hydrogen) atoms. The molecule has 1 aliphatic rings. The number of thiazole rings is 1. The number of hydrogen-bond acceptors (Lipinski definition) is 5. The van der Waals surface area contributed by atoms with Gasteiger partial charge in [-0.3, -0.25) is 4.79 Å². The quantitative estimate of drug-likeness (QED) is 0.891. The van der Waals surface area contributed by atoms with Gasteiger partial charge in [-0.05, 0) is 32.9 Å². The number of anilines is 1. The van der Waals surface area contributed by atoms with Crippen molar-refractivity contribution in [3.8, 4) is 0 Å². The van der Waals surface area contributed by atoms with Gasteiger partial charge in [0.15, 0.2) is 5.13 Å². The van der Waals surface area contributed by atoms with Crippen molar-refractivity contribution in [2.24, 2.45) is 5.41 Å².